The summed E-state index contributed by atoms with van der Waals surface area (Å²) in [5.41, 5.74) is 0.528. The number of ether oxygens (including phenoxy) is 2. The van der Waals surface area contributed by atoms with E-state index in [0.29, 0.717) is 11.5 Å². The van der Waals surface area contributed by atoms with Crippen LogP contribution in [0.2, 0.25) is 0 Å². The van der Waals surface area contributed by atoms with Crippen LogP contribution < -0.4 is 14.4 Å². The Morgan fingerprint density at radius 2 is 1.88 bits per heavy atom. The Bertz CT molecular complexity index is 759. The SMILES string of the molecule is CN(C(=O)C(C)(CC=O)c1ccc2c(c1)OCO2)c1ccccc1. The molecule has 5 heteroatoms. The van der Waals surface area contributed by atoms with Gasteiger partial charge in [0.15, 0.2) is 11.5 Å². The van der Waals surface area contributed by atoms with Crippen molar-refractivity contribution in [2.75, 3.05) is 18.7 Å². The predicted octanol–water partition coefficient (Wildman–Crippen LogP) is 2.93. The van der Waals surface area contributed by atoms with Crippen LogP contribution in [0.4, 0.5) is 5.69 Å². The predicted molar refractivity (Wildman–Crippen MR) is 90.5 cm³/mol. The Balaban J connectivity index is 1.98. The number of aldehydes is 1. The second kappa shape index (κ2) is 6.35. The molecular formula is C19H19NO4. The minimum atomic E-state index is -0.979. The number of benzene rings is 2. The zero-order valence-electron chi connectivity index (χ0n) is 13.7. The van der Waals surface area contributed by atoms with E-state index in [1.807, 2.05) is 36.4 Å². The molecule has 5 nitrogen and oxygen atoms in total. The number of fused-ring (bicyclic) bond motifs is 1. The highest BCUT2D eigenvalue weighted by molar-refractivity contribution is 6.01. The zero-order valence-corrected chi connectivity index (χ0v) is 13.7. The fourth-order valence-electron chi connectivity index (χ4n) is 2.87. The third-order valence-electron chi connectivity index (χ3n) is 4.42. The molecule has 2 aromatic carbocycles. The van der Waals surface area contributed by atoms with E-state index in [1.54, 1.807) is 31.0 Å². The largest absolute Gasteiger partial charge is 0.454 e. The molecule has 0 aliphatic carbocycles. The lowest BCUT2D eigenvalue weighted by Crippen LogP contribution is -2.43. The molecule has 1 aliphatic heterocycles. The zero-order chi connectivity index (χ0) is 17.2. The van der Waals surface area contributed by atoms with Gasteiger partial charge in [0.25, 0.3) is 0 Å². The van der Waals surface area contributed by atoms with Gasteiger partial charge in [-0.3, -0.25) is 4.79 Å². The van der Waals surface area contributed by atoms with Crippen molar-refractivity contribution >= 4 is 17.9 Å². The van der Waals surface area contributed by atoms with Crippen molar-refractivity contribution in [1.82, 2.24) is 0 Å². The fourth-order valence-corrected chi connectivity index (χ4v) is 2.87. The molecule has 1 atom stereocenters. The minimum absolute atomic E-state index is 0.0860. The Morgan fingerprint density at radius 1 is 1.17 bits per heavy atom. The van der Waals surface area contributed by atoms with E-state index in [1.165, 1.54) is 0 Å². The summed E-state index contributed by atoms with van der Waals surface area (Å²) in [4.78, 5) is 26.0. The first-order valence-electron chi connectivity index (χ1n) is 7.73. The summed E-state index contributed by atoms with van der Waals surface area (Å²) in [6.07, 6.45) is 0.865. The highest BCUT2D eigenvalue weighted by Crippen LogP contribution is 2.38. The lowest BCUT2D eigenvalue weighted by molar-refractivity contribution is -0.125. The van der Waals surface area contributed by atoms with Crippen LogP contribution in [-0.4, -0.2) is 26.0 Å². The van der Waals surface area contributed by atoms with Gasteiger partial charge in [-0.15, -0.1) is 0 Å². The van der Waals surface area contributed by atoms with E-state index < -0.39 is 5.41 Å². The first-order chi connectivity index (χ1) is 11.6. The number of likely N-dealkylation sites (N-methyl/N-ethyl adjacent to an activating group) is 1. The summed E-state index contributed by atoms with van der Waals surface area (Å²) in [7, 11) is 1.72. The molecule has 124 valence electrons. The van der Waals surface area contributed by atoms with Crippen molar-refractivity contribution in [3.8, 4) is 11.5 Å². The molecule has 2 aromatic rings. The Labute approximate surface area is 140 Å². The number of anilines is 1. The molecule has 0 radical (unpaired) electrons. The number of para-hydroxylation sites is 1. The van der Waals surface area contributed by atoms with Gasteiger partial charge < -0.3 is 19.2 Å². The van der Waals surface area contributed by atoms with E-state index in [2.05, 4.69) is 0 Å². The molecule has 0 saturated carbocycles. The highest BCUT2D eigenvalue weighted by Gasteiger charge is 2.38. The third kappa shape index (κ3) is 2.73. The summed E-state index contributed by atoms with van der Waals surface area (Å²) in [5, 5.41) is 0. The smallest absolute Gasteiger partial charge is 0.237 e. The monoisotopic (exact) mass is 325 g/mol. The van der Waals surface area contributed by atoms with E-state index in [4.69, 9.17) is 9.47 Å². The molecule has 0 N–H and O–H groups in total. The van der Waals surface area contributed by atoms with Crippen LogP contribution in [-0.2, 0) is 15.0 Å². The highest BCUT2D eigenvalue weighted by atomic mass is 16.7. The van der Waals surface area contributed by atoms with Crippen molar-refractivity contribution in [2.45, 2.75) is 18.8 Å². The Kier molecular flexibility index (Phi) is 4.25. The van der Waals surface area contributed by atoms with Crippen LogP contribution >= 0.6 is 0 Å². The Morgan fingerprint density at radius 3 is 2.58 bits per heavy atom. The van der Waals surface area contributed by atoms with Crippen LogP contribution in [0.1, 0.15) is 18.9 Å². The molecule has 0 spiro atoms. The third-order valence-corrected chi connectivity index (χ3v) is 4.42. The molecule has 1 amide bonds. The van der Waals surface area contributed by atoms with Crippen molar-refractivity contribution in [3.05, 3.63) is 54.1 Å². The molecule has 1 heterocycles. The van der Waals surface area contributed by atoms with Crippen LogP contribution in [0.5, 0.6) is 11.5 Å². The number of carbonyl (C=O) groups excluding carboxylic acids is 2. The summed E-state index contributed by atoms with van der Waals surface area (Å²) in [5.74, 6) is 1.09. The number of hydrogen-bond donors (Lipinski definition) is 0. The number of rotatable bonds is 5. The first-order valence-corrected chi connectivity index (χ1v) is 7.73. The average molecular weight is 325 g/mol. The van der Waals surface area contributed by atoms with Gasteiger partial charge in [0.1, 0.15) is 6.29 Å². The second-order valence-corrected chi connectivity index (χ2v) is 5.97. The van der Waals surface area contributed by atoms with Crippen LogP contribution in [0.3, 0.4) is 0 Å². The van der Waals surface area contributed by atoms with Gasteiger partial charge in [0.2, 0.25) is 12.7 Å². The average Bonchev–Trinajstić information content (AvgIpc) is 3.09. The molecule has 1 unspecified atom stereocenters. The summed E-state index contributed by atoms with van der Waals surface area (Å²) in [6.45, 7) is 1.95. The van der Waals surface area contributed by atoms with Gasteiger partial charge in [-0.1, -0.05) is 24.3 Å². The van der Waals surface area contributed by atoms with E-state index >= 15 is 0 Å². The van der Waals surface area contributed by atoms with Gasteiger partial charge in [-0.05, 0) is 36.8 Å². The Hall–Kier alpha value is -2.82. The van der Waals surface area contributed by atoms with Crippen LogP contribution in [0, 0.1) is 0 Å². The number of amides is 1. The van der Waals surface area contributed by atoms with Gasteiger partial charge in [-0.25, -0.2) is 0 Å². The van der Waals surface area contributed by atoms with Crippen LogP contribution in [0.25, 0.3) is 0 Å². The van der Waals surface area contributed by atoms with E-state index in [-0.39, 0.29) is 19.1 Å². The summed E-state index contributed by atoms with van der Waals surface area (Å²) in [6, 6.07) is 14.7. The molecule has 0 aromatic heterocycles. The first kappa shape index (κ1) is 16.1. The van der Waals surface area contributed by atoms with Crippen molar-refractivity contribution in [3.63, 3.8) is 0 Å². The van der Waals surface area contributed by atoms with Gasteiger partial charge in [-0.2, -0.15) is 0 Å². The van der Waals surface area contributed by atoms with Crippen molar-refractivity contribution < 1.29 is 19.1 Å². The lowest BCUT2D eigenvalue weighted by atomic mass is 9.78. The van der Waals surface area contributed by atoms with Gasteiger partial charge >= 0.3 is 0 Å². The molecule has 24 heavy (non-hydrogen) atoms. The fraction of sp³-hybridized carbons (Fsp3) is 0.263. The van der Waals surface area contributed by atoms with E-state index in [9.17, 15) is 9.59 Å². The maximum Gasteiger partial charge on any atom is 0.237 e. The number of nitrogens with zero attached hydrogens (tertiary/aromatic N) is 1. The minimum Gasteiger partial charge on any atom is -0.454 e. The van der Waals surface area contributed by atoms with Crippen molar-refractivity contribution in [1.29, 1.82) is 0 Å². The van der Waals surface area contributed by atoms with Gasteiger partial charge in [0, 0.05) is 19.2 Å². The maximum atomic E-state index is 13.2. The second-order valence-electron chi connectivity index (χ2n) is 5.97. The number of hydrogen-bond acceptors (Lipinski definition) is 4. The number of carbonyl (C=O) groups is 2. The van der Waals surface area contributed by atoms with E-state index in [0.717, 1.165) is 17.5 Å². The standard InChI is InChI=1S/C19H19NO4/c1-19(10-11-21,14-8-9-16-17(12-14)24-13-23-16)18(22)20(2)15-6-4-3-5-7-15/h3-9,11-12H,10,13H2,1-2H3. The van der Waals surface area contributed by atoms with Crippen LogP contribution in [0.15, 0.2) is 48.5 Å². The molecule has 0 bridgehead atoms. The topological polar surface area (TPSA) is 55.8 Å². The summed E-state index contributed by atoms with van der Waals surface area (Å²) >= 11 is 0. The quantitative estimate of drug-likeness (QED) is 0.793. The summed E-state index contributed by atoms with van der Waals surface area (Å²) < 4.78 is 10.7. The molecule has 3 rings (SSSR count). The lowest BCUT2D eigenvalue weighted by Gasteiger charge is -2.32. The normalized spacial score (nSPS) is 14.8. The maximum absolute atomic E-state index is 13.2. The molecule has 1 aliphatic rings. The molecule has 0 saturated heterocycles. The van der Waals surface area contributed by atoms with Gasteiger partial charge in [0.05, 0.1) is 5.41 Å². The molecule has 0 fully saturated rings. The molecular weight excluding hydrogens is 306 g/mol. The van der Waals surface area contributed by atoms with Crippen molar-refractivity contribution in [2.24, 2.45) is 0 Å².